The number of nitrogens with one attached hydrogen (secondary N) is 2. The Hall–Kier alpha value is -0.140. The molecule has 2 N–H and O–H groups in total. The van der Waals surface area contributed by atoms with Crippen molar-refractivity contribution in [2.45, 2.75) is 19.4 Å². The first-order valence-corrected chi connectivity index (χ1v) is 8.19. The van der Waals surface area contributed by atoms with Crippen molar-refractivity contribution < 1.29 is 8.42 Å². The van der Waals surface area contributed by atoms with E-state index in [1.807, 2.05) is 19.1 Å². The third-order valence-electron chi connectivity index (χ3n) is 2.37. The zero-order chi connectivity index (χ0) is 12.9. The van der Waals surface area contributed by atoms with E-state index in [4.69, 9.17) is 11.6 Å². The molecule has 0 fully saturated rings. The molecule has 0 saturated heterocycles. The van der Waals surface area contributed by atoms with Gasteiger partial charge in [0.25, 0.3) is 0 Å². The van der Waals surface area contributed by atoms with Gasteiger partial charge in [-0.2, -0.15) is 0 Å². The third kappa shape index (κ3) is 5.35. The summed E-state index contributed by atoms with van der Waals surface area (Å²) in [5, 5.41) is 3.27. The van der Waals surface area contributed by atoms with E-state index in [2.05, 4.69) is 10.0 Å². The Labute approximate surface area is 111 Å². The lowest BCUT2D eigenvalue weighted by Gasteiger charge is -2.11. The number of thiophene rings is 1. The minimum absolute atomic E-state index is 0.147. The zero-order valence-corrected chi connectivity index (χ0v) is 12.3. The normalized spacial score (nSPS) is 13.8. The highest BCUT2D eigenvalue weighted by Crippen LogP contribution is 2.26. The Bertz CT molecular complexity index is 445. The molecule has 0 aliphatic heterocycles. The first kappa shape index (κ1) is 14.9. The van der Waals surface area contributed by atoms with Crippen LogP contribution in [0.15, 0.2) is 12.1 Å². The molecule has 0 spiro atoms. The highest BCUT2D eigenvalue weighted by Gasteiger charge is 2.09. The topological polar surface area (TPSA) is 58.2 Å². The fourth-order valence-corrected chi connectivity index (χ4v) is 3.16. The van der Waals surface area contributed by atoms with Crippen molar-refractivity contribution in [3.05, 3.63) is 21.3 Å². The first-order valence-electron chi connectivity index (χ1n) is 5.34. The van der Waals surface area contributed by atoms with Gasteiger partial charge < -0.3 is 5.32 Å². The monoisotopic (exact) mass is 296 g/mol. The third-order valence-corrected chi connectivity index (χ3v) is 5.23. The Morgan fingerprint density at radius 1 is 1.47 bits per heavy atom. The molecule has 0 bridgehead atoms. The molecule has 1 aromatic heterocycles. The molecule has 0 saturated carbocycles. The van der Waals surface area contributed by atoms with Crippen molar-refractivity contribution in [2.75, 3.05) is 19.3 Å². The van der Waals surface area contributed by atoms with Gasteiger partial charge in [0.2, 0.25) is 10.0 Å². The van der Waals surface area contributed by atoms with Gasteiger partial charge in [0.1, 0.15) is 0 Å². The molecule has 1 rings (SSSR count). The van der Waals surface area contributed by atoms with Crippen LogP contribution in [0.5, 0.6) is 0 Å². The summed E-state index contributed by atoms with van der Waals surface area (Å²) in [7, 11) is -1.66. The van der Waals surface area contributed by atoms with Crippen LogP contribution in [-0.2, 0) is 10.0 Å². The van der Waals surface area contributed by atoms with Gasteiger partial charge in [-0.1, -0.05) is 11.6 Å². The minimum atomic E-state index is -3.09. The summed E-state index contributed by atoms with van der Waals surface area (Å²) in [6.07, 6.45) is 0.590. The summed E-state index contributed by atoms with van der Waals surface area (Å²) in [5.41, 5.74) is 0. The van der Waals surface area contributed by atoms with Gasteiger partial charge in [-0.15, -0.1) is 11.3 Å². The van der Waals surface area contributed by atoms with E-state index >= 15 is 0 Å². The van der Waals surface area contributed by atoms with E-state index in [0.29, 0.717) is 13.0 Å². The summed E-state index contributed by atoms with van der Waals surface area (Å²) in [4.78, 5) is 1.16. The van der Waals surface area contributed by atoms with E-state index in [9.17, 15) is 8.42 Å². The molecule has 7 heteroatoms. The lowest BCUT2D eigenvalue weighted by atomic mass is 10.2. The Kier molecular flexibility index (Phi) is 5.88. The number of rotatable bonds is 7. The first-order chi connectivity index (χ1) is 7.94. The van der Waals surface area contributed by atoms with Crippen LogP contribution >= 0.6 is 22.9 Å². The predicted molar refractivity (Wildman–Crippen MR) is 73.2 cm³/mol. The molecule has 0 aromatic carbocycles. The molecule has 1 unspecified atom stereocenters. The van der Waals surface area contributed by atoms with Crippen molar-refractivity contribution >= 4 is 33.0 Å². The van der Waals surface area contributed by atoms with Crippen LogP contribution in [0.1, 0.15) is 24.3 Å². The van der Waals surface area contributed by atoms with Gasteiger partial charge in [0.15, 0.2) is 0 Å². The van der Waals surface area contributed by atoms with Gasteiger partial charge in [-0.3, -0.25) is 0 Å². The highest BCUT2D eigenvalue weighted by molar-refractivity contribution is 7.89. The Morgan fingerprint density at radius 3 is 2.71 bits per heavy atom. The fraction of sp³-hybridized carbons (Fsp3) is 0.600. The van der Waals surface area contributed by atoms with E-state index in [1.165, 1.54) is 18.4 Å². The van der Waals surface area contributed by atoms with Crippen molar-refractivity contribution in [3.63, 3.8) is 0 Å². The second kappa shape index (κ2) is 6.70. The predicted octanol–water partition coefficient (Wildman–Crippen LogP) is 1.99. The average Bonchev–Trinajstić information content (AvgIpc) is 2.71. The quantitative estimate of drug-likeness (QED) is 0.757. The second-order valence-corrected chi connectivity index (χ2v) is 7.49. The summed E-state index contributed by atoms with van der Waals surface area (Å²) in [6, 6.07) is 4.05. The van der Waals surface area contributed by atoms with Crippen LogP contribution in [0.2, 0.25) is 4.34 Å². The van der Waals surface area contributed by atoms with Crippen LogP contribution < -0.4 is 10.0 Å². The summed E-state index contributed by atoms with van der Waals surface area (Å²) in [5.74, 6) is 0.147. The van der Waals surface area contributed by atoms with Crippen molar-refractivity contribution in [3.8, 4) is 0 Å². The molecule has 0 amide bonds. The van der Waals surface area contributed by atoms with E-state index in [1.54, 1.807) is 0 Å². The SMILES string of the molecule is CNS(=O)(=O)CCCNC(C)c1ccc(Cl)s1. The summed E-state index contributed by atoms with van der Waals surface area (Å²) < 4.78 is 25.4. The maximum Gasteiger partial charge on any atom is 0.211 e. The number of hydrogen-bond acceptors (Lipinski definition) is 4. The van der Waals surface area contributed by atoms with Gasteiger partial charge in [0, 0.05) is 10.9 Å². The number of hydrogen-bond donors (Lipinski definition) is 2. The zero-order valence-electron chi connectivity index (χ0n) is 9.86. The molecule has 0 aliphatic carbocycles. The molecule has 1 atom stereocenters. The molecular weight excluding hydrogens is 280 g/mol. The van der Waals surface area contributed by atoms with Crippen molar-refractivity contribution in [1.82, 2.24) is 10.0 Å². The van der Waals surface area contributed by atoms with E-state index < -0.39 is 10.0 Å². The summed E-state index contributed by atoms with van der Waals surface area (Å²) in [6.45, 7) is 2.70. The second-order valence-electron chi connectivity index (χ2n) is 3.69. The summed E-state index contributed by atoms with van der Waals surface area (Å²) >= 11 is 7.38. The van der Waals surface area contributed by atoms with Crippen LogP contribution in [0, 0.1) is 0 Å². The molecule has 0 radical (unpaired) electrons. The van der Waals surface area contributed by atoms with E-state index in [-0.39, 0.29) is 11.8 Å². The molecule has 98 valence electrons. The Morgan fingerprint density at radius 2 is 2.18 bits per heavy atom. The smallest absolute Gasteiger partial charge is 0.211 e. The molecule has 17 heavy (non-hydrogen) atoms. The van der Waals surface area contributed by atoms with E-state index in [0.717, 1.165) is 9.21 Å². The Balaban J connectivity index is 2.28. The van der Waals surface area contributed by atoms with Crippen LogP contribution in [-0.4, -0.2) is 27.8 Å². The van der Waals surface area contributed by atoms with Crippen LogP contribution in [0.25, 0.3) is 0 Å². The van der Waals surface area contributed by atoms with Crippen LogP contribution in [0.3, 0.4) is 0 Å². The minimum Gasteiger partial charge on any atom is -0.309 e. The number of halogens is 1. The molecular formula is C10H17ClN2O2S2. The maximum atomic E-state index is 11.2. The van der Waals surface area contributed by atoms with Gasteiger partial charge in [0.05, 0.1) is 10.1 Å². The lowest BCUT2D eigenvalue weighted by Crippen LogP contribution is -2.26. The molecule has 4 nitrogen and oxygen atoms in total. The van der Waals surface area contributed by atoms with Gasteiger partial charge >= 0.3 is 0 Å². The molecule has 1 aromatic rings. The molecule has 1 heterocycles. The number of sulfonamides is 1. The molecule has 0 aliphatic rings. The van der Waals surface area contributed by atoms with Gasteiger partial charge in [-0.05, 0) is 39.1 Å². The average molecular weight is 297 g/mol. The highest BCUT2D eigenvalue weighted by atomic mass is 35.5. The van der Waals surface area contributed by atoms with Gasteiger partial charge in [-0.25, -0.2) is 13.1 Å². The van der Waals surface area contributed by atoms with Crippen LogP contribution in [0.4, 0.5) is 0 Å². The maximum absolute atomic E-state index is 11.2. The lowest BCUT2D eigenvalue weighted by molar-refractivity contribution is 0.561. The van der Waals surface area contributed by atoms with Crippen molar-refractivity contribution in [2.24, 2.45) is 0 Å². The van der Waals surface area contributed by atoms with Crippen molar-refractivity contribution in [1.29, 1.82) is 0 Å². The standard InChI is InChI=1S/C10H17ClN2O2S2/c1-8(9-4-5-10(11)16-9)13-6-3-7-17(14,15)12-2/h4-5,8,12-13H,3,6-7H2,1-2H3. The largest absolute Gasteiger partial charge is 0.309 e. The fourth-order valence-electron chi connectivity index (χ4n) is 1.34.